The molecule has 5 heteroatoms. The fraction of sp³-hybridized carbons (Fsp3) is 0.467. The van der Waals surface area contributed by atoms with Gasteiger partial charge in [-0.15, -0.1) is 0 Å². The van der Waals surface area contributed by atoms with E-state index in [0.29, 0.717) is 30.0 Å². The normalized spacial score (nSPS) is 10.7. The van der Waals surface area contributed by atoms with Crippen LogP contribution in [0.5, 0.6) is 5.75 Å². The number of carbonyl (C=O) groups is 1. The van der Waals surface area contributed by atoms with Crippen LogP contribution in [0.1, 0.15) is 37.6 Å². The highest BCUT2D eigenvalue weighted by Crippen LogP contribution is 2.23. The lowest BCUT2D eigenvalue weighted by atomic mass is 9.92. The Hall–Kier alpha value is -2.22. The number of ether oxygens (including phenoxy) is 2. The first-order chi connectivity index (χ1) is 9.39. The molecule has 0 atom stereocenters. The number of nitrogens with two attached hydrogens (primary N) is 1. The molecule has 0 spiro atoms. The van der Waals surface area contributed by atoms with E-state index in [1.54, 1.807) is 26.0 Å². The lowest BCUT2D eigenvalue weighted by molar-refractivity contribution is 0.0475. The first kappa shape index (κ1) is 15.8. The topological polar surface area (TPSA) is 85.3 Å². The number of hydrogen-bond donors (Lipinski definition) is 1. The molecule has 0 unspecified atom stereocenters. The maximum Gasteiger partial charge on any atom is 0.338 e. The van der Waals surface area contributed by atoms with Crippen LogP contribution in [0.2, 0.25) is 0 Å². The van der Waals surface area contributed by atoms with Gasteiger partial charge in [-0.2, -0.15) is 5.26 Å². The first-order valence-electron chi connectivity index (χ1n) is 6.50. The van der Waals surface area contributed by atoms with Crippen LogP contribution in [0.15, 0.2) is 18.2 Å². The summed E-state index contributed by atoms with van der Waals surface area (Å²) in [5.74, 6) is 0.100. The van der Waals surface area contributed by atoms with Crippen molar-refractivity contribution in [3.8, 4) is 11.8 Å². The number of nitriles is 1. The van der Waals surface area contributed by atoms with Gasteiger partial charge in [-0.25, -0.2) is 4.79 Å². The van der Waals surface area contributed by atoms with Gasteiger partial charge in [0.2, 0.25) is 0 Å². The highest BCUT2D eigenvalue weighted by molar-refractivity contribution is 5.91. The third kappa shape index (κ3) is 4.47. The zero-order valence-corrected chi connectivity index (χ0v) is 12.1. The van der Waals surface area contributed by atoms with Crippen molar-refractivity contribution in [1.82, 2.24) is 0 Å². The van der Waals surface area contributed by atoms with Gasteiger partial charge in [0.05, 0.1) is 35.9 Å². The second kappa shape index (κ2) is 6.80. The van der Waals surface area contributed by atoms with Gasteiger partial charge in [0.1, 0.15) is 5.75 Å². The van der Waals surface area contributed by atoms with Crippen LogP contribution in [-0.4, -0.2) is 19.2 Å². The van der Waals surface area contributed by atoms with E-state index >= 15 is 0 Å². The average molecular weight is 276 g/mol. The number of nitrogen functional groups attached to an aromatic ring is 1. The van der Waals surface area contributed by atoms with Crippen LogP contribution in [0.4, 0.5) is 5.69 Å². The van der Waals surface area contributed by atoms with Gasteiger partial charge in [0, 0.05) is 0 Å². The Morgan fingerprint density at radius 1 is 1.45 bits per heavy atom. The lowest BCUT2D eigenvalue weighted by Crippen LogP contribution is -2.15. The molecule has 0 radical (unpaired) electrons. The Bertz CT molecular complexity index is 518. The second-order valence-electron chi connectivity index (χ2n) is 5.07. The Kier molecular flexibility index (Phi) is 5.39. The fourth-order valence-corrected chi connectivity index (χ4v) is 1.50. The summed E-state index contributed by atoms with van der Waals surface area (Å²) in [6.45, 7) is 6.17. The van der Waals surface area contributed by atoms with E-state index in [4.69, 9.17) is 20.5 Å². The molecule has 5 nitrogen and oxygen atoms in total. The van der Waals surface area contributed by atoms with Crippen molar-refractivity contribution in [1.29, 1.82) is 5.26 Å². The van der Waals surface area contributed by atoms with Crippen molar-refractivity contribution in [2.24, 2.45) is 5.41 Å². The number of hydrogen-bond acceptors (Lipinski definition) is 5. The van der Waals surface area contributed by atoms with E-state index in [1.807, 2.05) is 6.92 Å². The summed E-state index contributed by atoms with van der Waals surface area (Å²) in [5, 5.41) is 8.87. The van der Waals surface area contributed by atoms with Gasteiger partial charge >= 0.3 is 5.97 Å². The first-order valence-corrected chi connectivity index (χ1v) is 6.50. The molecule has 0 bridgehead atoms. The molecule has 108 valence electrons. The third-order valence-electron chi connectivity index (χ3n) is 2.81. The molecule has 0 amide bonds. The van der Waals surface area contributed by atoms with E-state index in [-0.39, 0.29) is 6.61 Å². The second-order valence-corrected chi connectivity index (χ2v) is 5.07. The minimum Gasteiger partial charge on any atom is -0.492 e. The molecule has 0 aromatic heterocycles. The van der Waals surface area contributed by atoms with Crippen LogP contribution in [0, 0.1) is 16.7 Å². The third-order valence-corrected chi connectivity index (χ3v) is 2.81. The van der Waals surface area contributed by atoms with Gasteiger partial charge in [0.25, 0.3) is 0 Å². The van der Waals surface area contributed by atoms with E-state index < -0.39 is 11.4 Å². The Labute approximate surface area is 119 Å². The molecule has 2 N–H and O–H groups in total. The summed E-state index contributed by atoms with van der Waals surface area (Å²) < 4.78 is 10.4. The molecule has 1 aromatic rings. The lowest BCUT2D eigenvalue weighted by Gasteiger charge is -2.14. The molecule has 0 saturated heterocycles. The molecular formula is C15H20N2O3. The van der Waals surface area contributed by atoms with Crippen LogP contribution >= 0.6 is 0 Å². The maximum atomic E-state index is 11.8. The largest absolute Gasteiger partial charge is 0.492 e. The average Bonchev–Trinajstić information content (AvgIpc) is 2.41. The molecule has 0 aliphatic carbocycles. The fourth-order valence-electron chi connectivity index (χ4n) is 1.50. The van der Waals surface area contributed by atoms with E-state index in [9.17, 15) is 4.79 Å². The molecule has 1 aromatic carbocycles. The molecular weight excluding hydrogens is 256 g/mol. The SMILES string of the molecule is CCOc1ccc(C(=O)OCCC(C)(C)C#N)cc1N. The highest BCUT2D eigenvalue weighted by Gasteiger charge is 2.18. The van der Waals surface area contributed by atoms with Crippen LogP contribution in [-0.2, 0) is 4.74 Å². The number of esters is 1. The molecule has 20 heavy (non-hydrogen) atoms. The zero-order chi connectivity index (χ0) is 15.2. The van der Waals surface area contributed by atoms with Crippen molar-refractivity contribution in [3.05, 3.63) is 23.8 Å². The number of benzene rings is 1. The maximum absolute atomic E-state index is 11.8. The van der Waals surface area contributed by atoms with Crippen molar-refractivity contribution >= 4 is 11.7 Å². The van der Waals surface area contributed by atoms with Gasteiger partial charge in [0.15, 0.2) is 0 Å². The van der Waals surface area contributed by atoms with Gasteiger partial charge in [-0.05, 0) is 45.4 Å². The Morgan fingerprint density at radius 3 is 2.70 bits per heavy atom. The van der Waals surface area contributed by atoms with E-state index in [1.165, 1.54) is 6.07 Å². The van der Waals surface area contributed by atoms with Crippen LogP contribution in [0.25, 0.3) is 0 Å². The molecule has 1 rings (SSSR count). The monoisotopic (exact) mass is 276 g/mol. The molecule has 0 saturated carbocycles. The number of nitrogens with zero attached hydrogens (tertiary/aromatic N) is 1. The molecule has 0 fully saturated rings. The predicted molar refractivity (Wildman–Crippen MR) is 76.3 cm³/mol. The summed E-state index contributed by atoms with van der Waals surface area (Å²) in [7, 11) is 0. The minimum atomic E-state index is -0.502. The number of carbonyl (C=O) groups excluding carboxylic acids is 1. The highest BCUT2D eigenvalue weighted by atomic mass is 16.5. The minimum absolute atomic E-state index is 0.201. The molecule has 0 aliphatic heterocycles. The summed E-state index contributed by atoms with van der Waals surface area (Å²) in [4.78, 5) is 11.8. The zero-order valence-electron chi connectivity index (χ0n) is 12.1. The van der Waals surface area contributed by atoms with Crippen LogP contribution in [0.3, 0.4) is 0 Å². The summed E-state index contributed by atoms with van der Waals surface area (Å²) in [6.07, 6.45) is 0.488. The number of anilines is 1. The van der Waals surface area contributed by atoms with Crippen molar-refractivity contribution in [2.75, 3.05) is 18.9 Å². The summed E-state index contributed by atoms with van der Waals surface area (Å²) >= 11 is 0. The Balaban J connectivity index is 2.61. The summed E-state index contributed by atoms with van der Waals surface area (Å²) in [6, 6.07) is 6.95. The predicted octanol–water partition coefficient (Wildman–Crippen LogP) is 2.76. The van der Waals surface area contributed by atoms with Crippen molar-refractivity contribution in [2.45, 2.75) is 27.2 Å². The van der Waals surface area contributed by atoms with E-state index in [2.05, 4.69) is 6.07 Å². The molecule has 0 aliphatic rings. The number of rotatable bonds is 6. The van der Waals surface area contributed by atoms with E-state index in [0.717, 1.165) is 0 Å². The van der Waals surface area contributed by atoms with Crippen molar-refractivity contribution in [3.63, 3.8) is 0 Å². The molecule has 0 heterocycles. The smallest absolute Gasteiger partial charge is 0.338 e. The van der Waals surface area contributed by atoms with Gasteiger partial charge in [-0.1, -0.05) is 0 Å². The standard InChI is InChI=1S/C15H20N2O3/c1-4-19-13-6-5-11(9-12(13)17)14(18)20-8-7-15(2,3)10-16/h5-6,9H,4,7-8,17H2,1-3H3. The van der Waals surface area contributed by atoms with Gasteiger partial charge < -0.3 is 15.2 Å². The summed E-state index contributed by atoms with van der Waals surface area (Å²) in [5.41, 5.74) is 6.06. The van der Waals surface area contributed by atoms with Crippen LogP contribution < -0.4 is 10.5 Å². The van der Waals surface area contributed by atoms with Crippen molar-refractivity contribution < 1.29 is 14.3 Å². The quantitative estimate of drug-likeness (QED) is 0.637. The Morgan fingerprint density at radius 2 is 2.15 bits per heavy atom. The van der Waals surface area contributed by atoms with Gasteiger partial charge in [-0.3, -0.25) is 0 Å².